The summed E-state index contributed by atoms with van der Waals surface area (Å²) in [6.07, 6.45) is 0.980. The van der Waals surface area contributed by atoms with Crippen molar-refractivity contribution < 1.29 is 9.13 Å². The molecule has 0 aliphatic rings. The second-order valence-corrected chi connectivity index (χ2v) is 4.99. The van der Waals surface area contributed by atoms with Gasteiger partial charge in [-0.1, -0.05) is 18.7 Å². The topological polar surface area (TPSA) is 47.6 Å². The highest BCUT2D eigenvalue weighted by atomic mass is 32.2. The highest BCUT2D eigenvalue weighted by molar-refractivity contribution is 8.13. The zero-order chi connectivity index (χ0) is 13.4. The van der Waals surface area contributed by atoms with E-state index in [9.17, 15) is 4.39 Å². The smallest absolute Gasteiger partial charge is 0.154 e. The molecule has 0 unspecified atom stereocenters. The molecule has 0 saturated heterocycles. The van der Waals surface area contributed by atoms with Gasteiger partial charge in [-0.05, 0) is 37.6 Å². The molecule has 0 aromatic heterocycles. The number of hydrogen-bond donors (Lipinski definition) is 1. The molecule has 0 fully saturated rings. The van der Waals surface area contributed by atoms with Gasteiger partial charge in [-0.3, -0.25) is 4.99 Å². The predicted octanol–water partition coefficient (Wildman–Crippen LogP) is 3.05. The van der Waals surface area contributed by atoms with E-state index in [1.54, 1.807) is 12.1 Å². The molecule has 1 atom stereocenters. The van der Waals surface area contributed by atoms with Crippen LogP contribution >= 0.6 is 11.8 Å². The zero-order valence-electron chi connectivity index (χ0n) is 10.7. The third-order valence-corrected chi connectivity index (χ3v) is 3.13. The molecule has 0 amide bonds. The van der Waals surface area contributed by atoms with Crippen LogP contribution in [0.25, 0.3) is 0 Å². The van der Waals surface area contributed by atoms with Crippen LogP contribution in [0.3, 0.4) is 0 Å². The Hall–Kier alpha value is -1.23. The zero-order valence-corrected chi connectivity index (χ0v) is 11.5. The number of ether oxygens (including phenoxy) is 1. The van der Waals surface area contributed by atoms with E-state index in [-0.39, 0.29) is 11.9 Å². The molecule has 0 radical (unpaired) electrons. The second kappa shape index (κ2) is 7.97. The van der Waals surface area contributed by atoms with Crippen LogP contribution in [0.5, 0.6) is 5.75 Å². The monoisotopic (exact) mass is 270 g/mol. The van der Waals surface area contributed by atoms with Crippen molar-refractivity contribution in [1.82, 2.24) is 0 Å². The lowest BCUT2D eigenvalue weighted by molar-refractivity contribution is 0.343. The molecule has 0 saturated carbocycles. The minimum absolute atomic E-state index is 0.260. The van der Waals surface area contributed by atoms with Crippen LogP contribution in [0.1, 0.15) is 20.3 Å². The molecule has 2 N–H and O–H groups in total. The average Bonchev–Trinajstić information content (AvgIpc) is 2.36. The molecule has 0 spiro atoms. The van der Waals surface area contributed by atoms with Crippen LogP contribution in [0.2, 0.25) is 0 Å². The molecule has 0 heterocycles. The molecule has 5 heteroatoms. The van der Waals surface area contributed by atoms with Gasteiger partial charge in [-0.2, -0.15) is 0 Å². The van der Waals surface area contributed by atoms with Gasteiger partial charge < -0.3 is 10.5 Å². The van der Waals surface area contributed by atoms with Crippen molar-refractivity contribution in [3.05, 3.63) is 30.1 Å². The van der Waals surface area contributed by atoms with E-state index in [0.717, 1.165) is 12.2 Å². The summed E-state index contributed by atoms with van der Waals surface area (Å²) in [7, 11) is 0. The van der Waals surface area contributed by atoms with E-state index < -0.39 is 0 Å². The summed E-state index contributed by atoms with van der Waals surface area (Å²) in [5.74, 6) is 1.12. The highest BCUT2D eigenvalue weighted by Gasteiger charge is 1.99. The lowest BCUT2D eigenvalue weighted by Gasteiger charge is -2.07. The number of nitrogens with zero attached hydrogens (tertiary/aromatic N) is 1. The van der Waals surface area contributed by atoms with Gasteiger partial charge in [-0.25, -0.2) is 4.39 Å². The van der Waals surface area contributed by atoms with Crippen molar-refractivity contribution in [3.63, 3.8) is 0 Å². The van der Waals surface area contributed by atoms with Gasteiger partial charge in [-0.15, -0.1) is 0 Å². The SMILES string of the molecule is CC[C@@H](C)N=C(N)SCCOc1ccc(F)cc1. The van der Waals surface area contributed by atoms with Crippen LogP contribution in [0, 0.1) is 5.82 Å². The summed E-state index contributed by atoms with van der Waals surface area (Å²) in [4.78, 5) is 4.30. The summed E-state index contributed by atoms with van der Waals surface area (Å²) in [6.45, 7) is 4.62. The largest absolute Gasteiger partial charge is 0.493 e. The van der Waals surface area contributed by atoms with Gasteiger partial charge in [0.2, 0.25) is 0 Å². The van der Waals surface area contributed by atoms with Gasteiger partial charge in [0.05, 0.1) is 6.61 Å². The fourth-order valence-corrected chi connectivity index (χ4v) is 1.81. The first-order valence-corrected chi connectivity index (χ1v) is 6.94. The van der Waals surface area contributed by atoms with Crippen LogP contribution in [-0.2, 0) is 0 Å². The summed E-state index contributed by atoms with van der Waals surface area (Å²) in [5.41, 5.74) is 5.76. The molecule has 0 aliphatic carbocycles. The Morgan fingerprint density at radius 1 is 1.44 bits per heavy atom. The summed E-state index contributed by atoms with van der Waals surface area (Å²) >= 11 is 1.47. The maximum atomic E-state index is 12.6. The fraction of sp³-hybridized carbons (Fsp3) is 0.462. The third-order valence-electron chi connectivity index (χ3n) is 2.35. The van der Waals surface area contributed by atoms with Crippen molar-refractivity contribution in [2.45, 2.75) is 26.3 Å². The van der Waals surface area contributed by atoms with Crippen molar-refractivity contribution in [1.29, 1.82) is 0 Å². The highest BCUT2D eigenvalue weighted by Crippen LogP contribution is 2.12. The fourth-order valence-electron chi connectivity index (χ4n) is 1.18. The number of aliphatic imine (C=N–C) groups is 1. The quantitative estimate of drug-likeness (QED) is 0.491. The van der Waals surface area contributed by atoms with Crippen LogP contribution in [0.4, 0.5) is 4.39 Å². The maximum absolute atomic E-state index is 12.6. The second-order valence-electron chi connectivity index (χ2n) is 3.88. The number of nitrogens with two attached hydrogens (primary N) is 1. The third kappa shape index (κ3) is 5.91. The van der Waals surface area contributed by atoms with Crippen LogP contribution < -0.4 is 10.5 Å². The van der Waals surface area contributed by atoms with Crippen molar-refractivity contribution in [2.24, 2.45) is 10.7 Å². The molecule has 100 valence electrons. The van der Waals surface area contributed by atoms with Gasteiger partial charge in [0.25, 0.3) is 0 Å². The number of hydrogen-bond acceptors (Lipinski definition) is 3. The standard InChI is InChI=1S/C13H19FN2OS/c1-3-10(2)16-13(15)18-9-8-17-12-6-4-11(14)5-7-12/h4-7,10H,3,8-9H2,1-2H3,(H2,15,16)/t10-/m1/s1. The van der Waals surface area contributed by atoms with Crippen molar-refractivity contribution >= 4 is 16.9 Å². The summed E-state index contributed by atoms with van der Waals surface area (Å²) in [5, 5.41) is 0.590. The number of rotatable bonds is 6. The van der Waals surface area contributed by atoms with E-state index >= 15 is 0 Å². The van der Waals surface area contributed by atoms with E-state index in [1.165, 1.54) is 23.9 Å². The Morgan fingerprint density at radius 3 is 2.72 bits per heavy atom. The van der Waals surface area contributed by atoms with Crippen LogP contribution in [0.15, 0.2) is 29.3 Å². The minimum atomic E-state index is -0.262. The number of benzene rings is 1. The molecular formula is C13H19FN2OS. The first kappa shape index (κ1) is 14.8. The first-order valence-electron chi connectivity index (χ1n) is 5.96. The van der Waals surface area contributed by atoms with Crippen molar-refractivity contribution in [3.8, 4) is 5.75 Å². The van der Waals surface area contributed by atoms with Gasteiger partial charge in [0, 0.05) is 11.8 Å². The number of halogens is 1. The normalized spacial score (nSPS) is 13.4. The Balaban J connectivity index is 2.22. The molecule has 0 bridgehead atoms. The molecule has 0 aliphatic heterocycles. The van der Waals surface area contributed by atoms with E-state index in [1.807, 2.05) is 6.92 Å². The lowest BCUT2D eigenvalue weighted by Crippen LogP contribution is -2.13. The number of amidine groups is 1. The van der Waals surface area contributed by atoms with Gasteiger partial charge in [0.15, 0.2) is 5.17 Å². The molecular weight excluding hydrogens is 251 g/mol. The molecule has 18 heavy (non-hydrogen) atoms. The maximum Gasteiger partial charge on any atom is 0.154 e. The van der Waals surface area contributed by atoms with Gasteiger partial charge >= 0.3 is 0 Å². The number of thioether (sulfide) groups is 1. The van der Waals surface area contributed by atoms with Crippen LogP contribution in [-0.4, -0.2) is 23.6 Å². The minimum Gasteiger partial charge on any atom is -0.493 e. The summed E-state index contributed by atoms with van der Waals surface area (Å²) in [6, 6.07) is 6.23. The Kier molecular flexibility index (Phi) is 6.57. The van der Waals surface area contributed by atoms with Gasteiger partial charge in [0.1, 0.15) is 11.6 Å². The van der Waals surface area contributed by atoms with Crippen molar-refractivity contribution in [2.75, 3.05) is 12.4 Å². The summed E-state index contributed by atoms with van der Waals surface area (Å²) < 4.78 is 18.1. The van der Waals surface area contributed by atoms with E-state index in [2.05, 4.69) is 11.9 Å². The molecule has 1 aromatic carbocycles. The molecule has 3 nitrogen and oxygen atoms in total. The molecule has 1 aromatic rings. The lowest BCUT2D eigenvalue weighted by atomic mass is 10.3. The Morgan fingerprint density at radius 2 is 2.11 bits per heavy atom. The molecule has 1 rings (SSSR count). The Bertz CT molecular complexity index is 381. The Labute approximate surface area is 112 Å². The first-order chi connectivity index (χ1) is 8.61. The average molecular weight is 270 g/mol. The van der Waals surface area contributed by atoms with E-state index in [4.69, 9.17) is 10.5 Å². The van der Waals surface area contributed by atoms with E-state index in [0.29, 0.717) is 17.5 Å². The predicted molar refractivity (Wildman–Crippen MR) is 75.7 cm³/mol.